The van der Waals surface area contributed by atoms with E-state index in [2.05, 4.69) is 0 Å². The maximum absolute atomic E-state index is 13.2. The number of rotatable bonds is 3. The van der Waals surface area contributed by atoms with Gasteiger partial charge in [-0.15, -0.1) is 0 Å². The quantitative estimate of drug-likeness (QED) is 0.803. The smallest absolute Gasteiger partial charge is 0.165 e. The molecule has 1 aromatic carbocycles. The van der Waals surface area contributed by atoms with Crippen molar-refractivity contribution >= 4 is 0 Å². The summed E-state index contributed by atoms with van der Waals surface area (Å²) in [4.78, 5) is 0. The van der Waals surface area contributed by atoms with E-state index in [4.69, 9.17) is 5.73 Å². The van der Waals surface area contributed by atoms with Gasteiger partial charge in [-0.3, -0.25) is 0 Å². The number of hydrogen-bond acceptors (Lipinski definition) is 2. The summed E-state index contributed by atoms with van der Waals surface area (Å²) >= 11 is 0. The Morgan fingerprint density at radius 2 is 2.20 bits per heavy atom. The molecule has 0 aromatic heterocycles. The summed E-state index contributed by atoms with van der Waals surface area (Å²) in [7, 11) is 0. The Balaban J connectivity index is 2.27. The van der Waals surface area contributed by atoms with Crippen LogP contribution in [0.5, 0.6) is 5.75 Å². The van der Waals surface area contributed by atoms with E-state index < -0.39 is 5.82 Å². The SMILES string of the molecule is Cc1ccc(F)c(O)c1[C@@H](N)CC1CC1. The van der Waals surface area contributed by atoms with Crippen LogP contribution >= 0.6 is 0 Å². The van der Waals surface area contributed by atoms with Crippen molar-refractivity contribution in [3.05, 3.63) is 29.1 Å². The first-order valence-electron chi connectivity index (χ1n) is 5.33. The normalized spacial score (nSPS) is 17.8. The predicted octanol–water partition coefficient (Wildman–Crippen LogP) is 2.64. The van der Waals surface area contributed by atoms with Crippen LogP contribution in [-0.4, -0.2) is 5.11 Å². The fraction of sp³-hybridized carbons (Fsp3) is 0.500. The predicted molar refractivity (Wildman–Crippen MR) is 57.1 cm³/mol. The van der Waals surface area contributed by atoms with Gasteiger partial charge >= 0.3 is 0 Å². The number of phenols is 1. The highest BCUT2D eigenvalue weighted by molar-refractivity contribution is 5.42. The van der Waals surface area contributed by atoms with Crippen LogP contribution in [0.3, 0.4) is 0 Å². The maximum Gasteiger partial charge on any atom is 0.165 e. The number of nitrogens with two attached hydrogens (primary N) is 1. The van der Waals surface area contributed by atoms with E-state index in [-0.39, 0.29) is 11.8 Å². The van der Waals surface area contributed by atoms with Crippen LogP contribution in [-0.2, 0) is 0 Å². The summed E-state index contributed by atoms with van der Waals surface area (Å²) < 4.78 is 13.2. The van der Waals surface area contributed by atoms with E-state index in [1.807, 2.05) is 6.92 Å². The zero-order valence-corrected chi connectivity index (χ0v) is 8.83. The summed E-state index contributed by atoms with van der Waals surface area (Å²) in [6.07, 6.45) is 3.27. The van der Waals surface area contributed by atoms with Gasteiger partial charge in [0.05, 0.1) is 0 Å². The Hall–Kier alpha value is -1.09. The highest BCUT2D eigenvalue weighted by atomic mass is 19.1. The molecular formula is C12H16FNO. The van der Waals surface area contributed by atoms with E-state index in [1.54, 1.807) is 6.07 Å². The van der Waals surface area contributed by atoms with Crippen molar-refractivity contribution in [3.8, 4) is 5.75 Å². The lowest BCUT2D eigenvalue weighted by atomic mass is 9.96. The summed E-state index contributed by atoms with van der Waals surface area (Å²) in [6.45, 7) is 1.85. The van der Waals surface area contributed by atoms with Crippen molar-refractivity contribution in [3.63, 3.8) is 0 Å². The highest BCUT2D eigenvalue weighted by Gasteiger charge is 2.27. The molecule has 1 aromatic rings. The average Bonchev–Trinajstić information content (AvgIpc) is 2.96. The number of phenolic OH excluding ortho intramolecular Hbond substituents is 1. The molecule has 0 bridgehead atoms. The zero-order valence-electron chi connectivity index (χ0n) is 8.83. The number of hydrogen-bond donors (Lipinski definition) is 2. The minimum absolute atomic E-state index is 0.242. The van der Waals surface area contributed by atoms with Crippen LogP contribution in [0.2, 0.25) is 0 Å². The molecule has 0 saturated heterocycles. The number of benzene rings is 1. The van der Waals surface area contributed by atoms with Gasteiger partial charge in [-0.05, 0) is 30.9 Å². The van der Waals surface area contributed by atoms with Crippen LogP contribution in [0, 0.1) is 18.7 Å². The van der Waals surface area contributed by atoms with Crippen molar-refractivity contribution in [1.29, 1.82) is 0 Å². The second kappa shape index (κ2) is 3.81. The van der Waals surface area contributed by atoms with Crippen LogP contribution in [0.1, 0.15) is 36.4 Å². The van der Waals surface area contributed by atoms with E-state index >= 15 is 0 Å². The molecule has 15 heavy (non-hydrogen) atoms. The van der Waals surface area contributed by atoms with E-state index in [9.17, 15) is 9.50 Å². The van der Waals surface area contributed by atoms with Gasteiger partial charge in [-0.25, -0.2) is 4.39 Å². The molecule has 1 saturated carbocycles. The fourth-order valence-electron chi connectivity index (χ4n) is 1.98. The first-order chi connectivity index (χ1) is 7.09. The molecular weight excluding hydrogens is 193 g/mol. The molecule has 0 amide bonds. The van der Waals surface area contributed by atoms with Gasteiger partial charge in [0.25, 0.3) is 0 Å². The lowest BCUT2D eigenvalue weighted by Crippen LogP contribution is -2.13. The number of aryl methyl sites for hydroxylation is 1. The topological polar surface area (TPSA) is 46.2 Å². The summed E-state index contributed by atoms with van der Waals surface area (Å²) in [5.41, 5.74) is 7.41. The molecule has 1 aliphatic carbocycles. The second-order valence-electron chi connectivity index (χ2n) is 4.41. The molecule has 3 heteroatoms. The Labute approximate surface area is 88.9 Å². The molecule has 1 fully saturated rings. The third-order valence-corrected chi connectivity index (χ3v) is 3.04. The summed E-state index contributed by atoms with van der Waals surface area (Å²) in [6, 6.07) is 2.70. The van der Waals surface area contributed by atoms with Gasteiger partial charge in [0.1, 0.15) is 0 Å². The molecule has 3 N–H and O–H groups in total. The Morgan fingerprint density at radius 3 is 2.80 bits per heavy atom. The standard InChI is InChI=1S/C12H16FNO/c1-7-2-5-9(13)12(15)11(7)10(14)6-8-3-4-8/h2,5,8,10,15H,3-4,6,14H2,1H3/t10-/m0/s1. The van der Waals surface area contributed by atoms with Crippen molar-refractivity contribution < 1.29 is 9.50 Å². The molecule has 0 spiro atoms. The molecule has 2 rings (SSSR count). The van der Waals surface area contributed by atoms with Crippen LogP contribution in [0.4, 0.5) is 4.39 Å². The van der Waals surface area contributed by atoms with Gasteiger partial charge < -0.3 is 10.8 Å². The monoisotopic (exact) mass is 209 g/mol. The Bertz CT molecular complexity index is 374. The van der Waals surface area contributed by atoms with E-state index in [1.165, 1.54) is 18.9 Å². The highest BCUT2D eigenvalue weighted by Crippen LogP contribution is 2.39. The summed E-state index contributed by atoms with van der Waals surface area (Å²) in [5.74, 6) is -0.188. The maximum atomic E-state index is 13.2. The van der Waals surface area contributed by atoms with E-state index in [0.29, 0.717) is 11.5 Å². The second-order valence-corrected chi connectivity index (χ2v) is 4.41. The first kappa shape index (κ1) is 10.4. The molecule has 0 radical (unpaired) electrons. The molecule has 0 unspecified atom stereocenters. The molecule has 1 atom stereocenters. The van der Waals surface area contributed by atoms with E-state index in [0.717, 1.165) is 12.0 Å². The van der Waals surface area contributed by atoms with Gasteiger partial charge in [-0.1, -0.05) is 18.9 Å². The Kier molecular flexibility index (Phi) is 2.65. The average molecular weight is 209 g/mol. The third kappa shape index (κ3) is 2.12. The molecule has 0 aliphatic heterocycles. The Morgan fingerprint density at radius 1 is 1.53 bits per heavy atom. The van der Waals surface area contributed by atoms with Crippen LogP contribution in [0.15, 0.2) is 12.1 Å². The van der Waals surface area contributed by atoms with Crippen molar-refractivity contribution in [2.75, 3.05) is 0 Å². The number of aromatic hydroxyl groups is 1. The number of halogens is 1. The lowest BCUT2D eigenvalue weighted by molar-refractivity contribution is 0.415. The lowest BCUT2D eigenvalue weighted by Gasteiger charge is -2.16. The van der Waals surface area contributed by atoms with Crippen molar-refractivity contribution in [2.24, 2.45) is 11.7 Å². The molecule has 82 valence electrons. The molecule has 2 nitrogen and oxygen atoms in total. The third-order valence-electron chi connectivity index (χ3n) is 3.04. The van der Waals surface area contributed by atoms with Gasteiger partial charge in [0, 0.05) is 11.6 Å². The van der Waals surface area contributed by atoms with Crippen molar-refractivity contribution in [2.45, 2.75) is 32.2 Å². The summed E-state index contributed by atoms with van der Waals surface area (Å²) in [5, 5.41) is 9.63. The minimum Gasteiger partial charge on any atom is -0.505 e. The van der Waals surface area contributed by atoms with Crippen LogP contribution in [0.25, 0.3) is 0 Å². The fourth-order valence-corrected chi connectivity index (χ4v) is 1.98. The molecule has 1 aliphatic rings. The van der Waals surface area contributed by atoms with Gasteiger partial charge in [-0.2, -0.15) is 0 Å². The van der Waals surface area contributed by atoms with Crippen molar-refractivity contribution in [1.82, 2.24) is 0 Å². The largest absolute Gasteiger partial charge is 0.505 e. The van der Waals surface area contributed by atoms with Gasteiger partial charge in [0.2, 0.25) is 0 Å². The van der Waals surface area contributed by atoms with Gasteiger partial charge in [0.15, 0.2) is 11.6 Å². The van der Waals surface area contributed by atoms with Crippen LogP contribution < -0.4 is 5.73 Å². The molecule has 0 heterocycles. The minimum atomic E-state index is -0.582. The first-order valence-corrected chi connectivity index (χ1v) is 5.33. The zero-order chi connectivity index (χ0) is 11.0.